The molecule has 0 aliphatic heterocycles. The Hall–Kier alpha value is -1.23. The maximum absolute atomic E-state index is 11.8. The van der Waals surface area contributed by atoms with Gasteiger partial charge in [0, 0.05) is 19.7 Å². The summed E-state index contributed by atoms with van der Waals surface area (Å²) in [4.78, 5) is 11.8. The van der Waals surface area contributed by atoms with Gasteiger partial charge in [-0.1, -0.05) is 19.1 Å². The molecule has 0 spiro atoms. The second kappa shape index (κ2) is 6.49. The van der Waals surface area contributed by atoms with Crippen LogP contribution in [0.3, 0.4) is 0 Å². The van der Waals surface area contributed by atoms with E-state index < -0.39 is 0 Å². The molecule has 1 heterocycles. The highest BCUT2D eigenvalue weighted by Crippen LogP contribution is 2.15. The van der Waals surface area contributed by atoms with E-state index >= 15 is 0 Å². The van der Waals surface area contributed by atoms with Crippen molar-refractivity contribution in [3.05, 3.63) is 11.9 Å². The Bertz CT molecular complexity index is 359. The fourth-order valence-corrected chi connectivity index (χ4v) is 2.00. The number of nitrogens with zero attached hydrogens (tertiary/aromatic N) is 3. The number of aromatic nitrogens is 3. The number of ketones is 1. The van der Waals surface area contributed by atoms with Crippen molar-refractivity contribution < 1.29 is 4.79 Å². The highest BCUT2D eigenvalue weighted by Gasteiger charge is 2.15. The molecule has 5 heteroatoms. The normalized spacial score (nSPS) is 13.0. The Morgan fingerprint density at radius 2 is 2.24 bits per heavy atom. The summed E-state index contributed by atoms with van der Waals surface area (Å²) >= 11 is 0. The molecule has 0 aliphatic rings. The fraction of sp³-hybridized carbons (Fsp3) is 0.750. The number of carbonyl (C=O) groups is 1. The number of carbonyl (C=O) groups excluding carboxylic acids is 1. The van der Waals surface area contributed by atoms with Crippen molar-refractivity contribution in [2.45, 2.75) is 33.1 Å². The van der Waals surface area contributed by atoms with Gasteiger partial charge < -0.3 is 5.73 Å². The first-order valence-electron chi connectivity index (χ1n) is 6.08. The zero-order chi connectivity index (χ0) is 12.8. The SMILES string of the molecule is CC(C)CC(CN)CC(=O)Cc1cn(C)nn1. The number of hydrogen-bond donors (Lipinski definition) is 1. The second-order valence-corrected chi connectivity index (χ2v) is 5.03. The zero-order valence-corrected chi connectivity index (χ0v) is 10.9. The number of nitrogens with two attached hydrogens (primary N) is 1. The van der Waals surface area contributed by atoms with Gasteiger partial charge in [-0.3, -0.25) is 9.48 Å². The van der Waals surface area contributed by atoms with Crippen molar-refractivity contribution in [2.75, 3.05) is 6.54 Å². The molecule has 0 aliphatic carbocycles. The molecule has 1 rings (SSSR count). The van der Waals surface area contributed by atoms with Crippen LogP contribution in [0.25, 0.3) is 0 Å². The predicted molar refractivity (Wildman–Crippen MR) is 66.3 cm³/mol. The molecule has 0 bridgehead atoms. The lowest BCUT2D eigenvalue weighted by molar-refractivity contribution is -0.119. The van der Waals surface area contributed by atoms with Crippen LogP contribution in [0.1, 0.15) is 32.4 Å². The van der Waals surface area contributed by atoms with Crippen LogP contribution in [-0.2, 0) is 18.3 Å². The summed E-state index contributed by atoms with van der Waals surface area (Å²) in [5, 5.41) is 7.72. The summed E-state index contributed by atoms with van der Waals surface area (Å²) in [5.74, 6) is 1.06. The minimum Gasteiger partial charge on any atom is -0.330 e. The topological polar surface area (TPSA) is 73.8 Å². The summed E-state index contributed by atoms with van der Waals surface area (Å²) in [6, 6.07) is 0. The lowest BCUT2D eigenvalue weighted by Gasteiger charge is -2.15. The first kappa shape index (κ1) is 13.8. The first-order chi connectivity index (χ1) is 8.01. The lowest BCUT2D eigenvalue weighted by Crippen LogP contribution is -2.20. The third kappa shape index (κ3) is 5.08. The van der Waals surface area contributed by atoms with Crippen molar-refractivity contribution in [2.24, 2.45) is 24.6 Å². The molecule has 1 aromatic rings. The van der Waals surface area contributed by atoms with E-state index in [0.717, 1.165) is 12.1 Å². The van der Waals surface area contributed by atoms with Crippen LogP contribution in [0.4, 0.5) is 0 Å². The molecule has 1 unspecified atom stereocenters. The fourth-order valence-electron chi connectivity index (χ4n) is 2.00. The monoisotopic (exact) mass is 238 g/mol. The van der Waals surface area contributed by atoms with E-state index in [4.69, 9.17) is 5.73 Å². The summed E-state index contributed by atoms with van der Waals surface area (Å²) in [6.45, 7) is 4.87. The highest BCUT2D eigenvalue weighted by atomic mass is 16.1. The van der Waals surface area contributed by atoms with E-state index in [9.17, 15) is 4.79 Å². The molecule has 17 heavy (non-hydrogen) atoms. The molecule has 0 fully saturated rings. The Balaban J connectivity index is 2.42. The zero-order valence-electron chi connectivity index (χ0n) is 10.9. The van der Waals surface area contributed by atoms with Crippen LogP contribution >= 0.6 is 0 Å². The molecule has 0 aromatic carbocycles. The number of aryl methyl sites for hydroxylation is 1. The van der Waals surface area contributed by atoms with Crippen molar-refractivity contribution in [1.82, 2.24) is 15.0 Å². The minimum absolute atomic E-state index is 0.196. The molecule has 0 saturated carbocycles. The van der Waals surface area contributed by atoms with Crippen molar-refractivity contribution >= 4 is 5.78 Å². The van der Waals surface area contributed by atoms with Crippen LogP contribution in [0.2, 0.25) is 0 Å². The van der Waals surface area contributed by atoms with Gasteiger partial charge in [0.15, 0.2) is 0 Å². The van der Waals surface area contributed by atoms with Gasteiger partial charge in [-0.05, 0) is 24.8 Å². The summed E-state index contributed by atoms with van der Waals surface area (Å²) in [5.41, 5.74) is 6.42. The van der Waals surface area contributed by atoms with E-state index in [1.165, 1.54) is 0 Å². The van der Waals surface area contributed by atoms with E-state index in [1.54, 1.807) is 17.9 Å². The van der Waals surface area contributed by atoms with Gasteiger partial charge in [0.1, 0.15) is 5.78 Å². The van der Waals surface area contributed by atoms with Gasteiger partial charge in [-0.2, -0.15) is 0 Å². The van der Waals surface area contributed by atoms with E-state index in [0.29, 0.717) is 31.2 Å². The smallest absolute Gasteiger partial charge is 0.139 e. The van der Waals surface area contributed by atoms with Gasteiger partial charge in [-0.15, -0.1) is 5.10 Å². The summed E-state index contributed by atoms with van der Waals surface area (Å²) in [7, 11) is 1.79. The van der Waals surface area contributed by atoms with Gasteiger partial charge in [0.05, 0.1) is 12.1 Å². The number of hydrogen-bond acceptors (Lipinski definition) is 4. The third-order valence-corrected chi connectivity index (χ3v) is 2.68. The van der Waals surface area contributed by atoms with Crippen molar-refractivity contribution in [3.8, 4) is 0 Å². The van der Waals surface area contributed by atoms with E-state index in [1.807, 2.05) is 0 Å². The average molecular weight is 238 g/mol. The molecule has 2 N–H and O–H groups in total. The van der Waals surface area contributed by atoms with Crippen molar-refractivity contribution in [3.63, 3.8) is 0 Å². The first-order valence-corrected chi connectivity index (χ1v) is 6.08. The van der Waals surface area contributed by atoms with E-state index in [2.05, 4.69) is 24.2 Å². The van der Waals surface area contributed by atoms with E-state index in [-0.39, 0.29) is 5.78 Å². The quantitative estimate of drug-likeness (QED) is 0.767. The van der Waals surface area contributed by atoms with Gasteiger partial charge in [-0.25, -0.2) is 0 Å². The third-order valence-electron chi connectivity index (χ3n) is 2.68. The predicted octanol–water partition coefficient (Wildman–Crippen LogP) is 0.938. The number of Topliss-reactive ketones (excluding diaryl/α,β-unsaturated/α-hetero) is 1. The molecular formula is C12H22N4O. The Kier molecular flexibility index (Phi) is 5.28. The van der Waals surface area contributed by atoms with Crippen LogP contribution in [0, 0.1) is 11.8 Å². The molecule has 0 amide bonds. The van der Waals surface area contributed by atoms with Gasteiger partial charge in [0.2, 0.25) is 0 Å². The molecule has 96 valence electrons. The molecule has 0 radical (unpaired) electrons. The average Bonchev–Trinajstić information content (AvgIpc) is 2.62. The summed E-state index contributed by atoms with van der Waals surface area (Å²) in [6.07, 6.45) is 3.69. The Labute approximate surface area is 102 Å². The molecule has 1 aromatic heterocycles. The second-order valence-electron chi connectivity index (χ2n) is 5.03. The van der Waals surface area contributed by atoms with Crippen LogP contribution < -0.4 is 5.73 Å². The Morgan fingerprint density at radius 3 is 2.71 bits per heavy atom. The number of rotatable bonds is 7. The van der Waals surface area contributed by atoms with Gasteiger partial charge >= 0.3 is 0 Å². The lowest BCUT2D eigenvalue weighted by atomic mass is 9.91. The maximum atomic E-state index is 11.8. The highest BCUT2D eigenvalue weighted by molar-refractivity contribution is 5.80. The van der Waals surface area contributed by atoms with Crippen LogP contribution in [0.5, 0.6) is 0 Å². The largest absolute Gasteiger partial charge is 0.330 e. The standard InChI is InChI=1S/C12H22N4O/c1-9(2)4-10(7-13)5-12(17)6-11-8-16(3)15-14-11/h8-10H,4-7,13H2,1-3H3. The van der Waals surface area contributed by atoms with Crippen LogP contribution in [-0.4, -0.2) is 27.3 Å². The maximum Gasteiger partial charge on any atom is 0.139 e. The van der Waals surface area contributed by atoms with Crippen molar-refractivity contribution in [1.29, 1.82) is 0 Å². The van der Waals surface area contributed by atoms with Gasteiger partial charge in [0.25, 0.3) is 0 Å². The molecular weight excluding hydrogens is 216 g/mol. The van der Waals surface area contributed by atoms with Crippen LogP contribution in [0.15, 0.2) is 6.20 Å². The Morgan fingerprint density at radius 1 is 1.53 bits per heavy atom. The molecule has 5 nitrogen and oxygen atoms in total. The summed E-state index contributed by atoms with van der Waals surface area (Å²) < 4.78 is 1.61. The molecule has 0 saturated heterocycles. The minimum atomic E-state index is 0.196. The molecule has 1 atom stereocenters.